The Morgan fingerprint density at radius 2 is 2.15 bits per heavy atom. The molecule has 0 heterocycles. The predicted octanol–water partition coefficient (Wildman–Crippen LogP) is 3.96. The lowest BCUT2D eigenvalue weighted by molar-refractivity contribution is 0.0298. The van der Waals surface area contributed by atoms with Gasteiger partial charge in [-0.05, 0) is 55.8 Å². The summed E-state index contributed by atoms with van der Waals surface area (Å²) in [6, 6.07) is 8.02. The molecule has 0 aromatic heterocycles. The second kappa shape index (κ2) is 7.44. The van der Waals surface area contributed by atoms with Crippen LogP contribution in [0.4, 0.5) is 0 Å². The monoisotopic (exact) mass is 295 g/mol. The number of rotatable bonds is 5. The van der Waals surface area contributed by atoms with E-state index in [2.05, 4.69) is 24.9 Å². The molecule has 1 fully saturated rings. The summed E-state index contributed by atoms with van der Waals surface area (Å²) in [5.74, 6) is 1.21. The van der Waals surface area contributed by atoms with E-state index in [-0.39, 0.29) is 6.10 Å². The molecule has 3 heteroatoms. The molecule has 1 aromatic carbocycles. The summed E-state index contributed by atoms with van der Waals surface area (Å²) < 4.78 is 0. The van der Waals surface area contributed by atoms with Gasteiger partial charge in [0.15, 0.2) is 0 Å². The summed E-state index contributed by atoms with van der Waals surface area (Å²) in [5, 5.41) is 11.0. The van der Waals surface area contributed by atoms with Gasteiger partial charge in [0.05, 0.1) is 6.10 Å². The van der Waals surface area contributed by atoms with Gasteiger partial charge < -0.3 is 10.0 Å². The van der Waals surface area contributed by atoms with Gasteiger partial charge >= 0.3 is 0 Å². The molecule has 1 N–H and O–H groups in total. The van der Waals surface area contributed by atoms with E-state index in [9.17, 15) is 5.11 Å². The lowest BCUT2D eigenvalue weighted by Crippen LogP contribution is -2.37. The van der Waals surface area contributed by atoms with E-state index in [1.165, 1.54) is 18.4 Å². The number of halogens is 1. The fourth-order valence-corrected chi connectivity index (χ4v) is 3.54. The van der Waals surface area contributed by atoms with Crippen molar-refractivity contribution >= 4 is 11.6 Å². The smallest absolute Gasteiger partial charge is 0.0580 e. The third-order valence-corrected chi connectivity index (χ3v) is 4.75. The summed E-state index contributed by atoms with van der Waals surface area (Å²) in [5.41, 5.74) is 1.23. The molecule has 3 unspecified atom stereocenters. The van der Waals surface area contributed by atoms with Crippen LogP contribution in [0.5, 0.6) is 0 Å². The van der Waals surface area contributed by atoms with E-state index in [0.29, 0.717) is 5.92 Å². The van der Waals surface area contributed by atoms with Gasteiger partial charge in [0.1, 0.15) is 0 Å². The average molecular weight is 296 g/mol. The predicted molar refractivity (Wildman–Crippen MR) is 84.9 cm³/mol. The van der Waals surface area contributed by atoms with E-state index in [0.717, 1.165) is 36.9 Å². The van der Waals surface area contributed by atoms with Gasteiger partial charge in [0, 0.05) is 18.1 Å². The normalized spacial score (nSPS) is 26.9. The molecule has 0 saturated heterocycles. The zero-order valence-electron chi connectivity index (χ0n) is 12.6. The van der Waals surface area contributed by atoms with E-state index >= 15 is 0 Å². The second-order valence-electron chi connectivity index (χ2n) is 6.24. The highest BCUT2D eigenvalue weighted by atomic mass is 35.5. The van der Waals surface area contributed by atoms with Crippen molar-refractivity contribution < 1.29 is 5.11 Å². The van der Waals surface area contributed by atoms with Gasteiger partial charge in [-0.25, -0.2) is 0 Å². The summed E-state index contributed by atoms with van der Waals surface area (Å²) in [7, 11) is 2.13. The maximum atomic E-state index is 10.2. The first-order valence-corrected chi connectivity index (χ1v) is 8.07. The largest absolute Gasteiger partial charge is 0.393 e. The summed E-state index contributed by atoms with van der Waals surface area (Å²) in [6.45, 7) is 4.11. The molecule has 0 radical (unpaired) electrons. The summed E-state index contributed by atoms with van der Waals surface area (Å²) in [4.78, 5) is 2.30. The highest BCUT2D eigenvalue weighted by molar-refractivity contribution is 6.30. The van der Waals surface area contributed by atoms with Crippen molar-refractivity contribution in [2.75, 3.05) is 13.6 Å². The lowest BCUT2D eigenvalue weighted by Gasteiger charge is -2.35. The first-order chi connectivity index (χ1) is 9.58. The number of aliphatic hydroxyl groups is 1. The molecule has 0 aliphatic heterocycles. The van der Waals surface area contributed by atoms with Crippen LogP contribution >= 0.6 is 11.6 Å². The first-order valence-electron chi connectivity index (χ1n) is 7.69. The Hall–Kier alpha value is -0.570. The van der Waals surface area contributed by atoms with Gasteiger partial charge in [0.2, 0.25) is 0 Å². The standard InChI is InChI=1S/C17H26ClNO/c1-3-13-7-8-17(20)15(9-13)12-19(2)11-14-5-4-6-16(18)10-14/h4-6,10,13,15,17,20H,3,7-9,11-12H2,1-2H3. The Bertz CT molecular complexity index is 423. The number of hydrogen-bond acceptors (Lipinski definition) is 2. The molecule has 2 nitrogen and oxygen atoms in total. The van der Waals surface area contributed by atoms with Crippen molar-refractivity contribution in [3.8, 4) is 0 Å². The number of benzene rings is 1. The molecule has 0 amide bonds. The Balaban J connectivity index is 1.88. The molecular formula is C17H26ClNO. The molecule has 1 aliphatic carbocycles. The number of hydrogen-bond donors (Lipinski definition) is 1. The van der Waals surface area contributed by atoms with Crippen LogP contribution in [0, 0.1) is 11.8 Å². The van der Waals surface area contributed by atoms with Crippen molar-refractivity contribution in [1.82, 2.24) is 4.90 Å². The van der Waals surface area contributed by atoms with Crippen molar-refractivity contribution in [3.63, 3.8) is 0 Å². The van der Waals surface area contributed by atoms with Gasteiger partial charge in [-0.15, -0.1) is 0 Å². The van der Waals surface area contributed by atoms with Gasteiger partial charge in [0.25, 0.3) is 0 Å². The van der Waals surface area contributed by atoms with Crippen molar-refractivity contribution in [3.05, 3.63) is 34.9 Å². The highest BCUT2D eigenvalue weighted by Crippen LogP contribution is 2.31. The molecule has 112 valence electrons. The fraction of sp³-hybridized carbons (Fsp3) is 0.647. The molecule has 3 atom stereocenters. The topological polar surface area (TPSA) is 23.5 Å². The third kappa shape index (κ3) is 4.47. The Morgan fingerprint density at radius 3 is 2.85 bits per heavy atom. The average Bonchev–Trinajstić information content (AvgIpc) is 2.41. The van der Waals surface area contributed by atoms with E-state index in [1.807, 2.05) is 18.2 Å². The fourth-order valence-electron chi connectivity index (χ4n) is 3.32. The van der Waals surface area contributed by atoms with Gasteiger partial charge in [-0.3, -0.25) is 0 Å². The van der Waals surface area contributed by atoms with E-state index in [1.54, 1.807) is 0 Å². The SMILES string of the molecule is CCC1CCC(O)C(CN(C)Cc2cccc(Cl)c2)C1. The van der Waals surface area contributed by atoms with Crippen LogP contribution in [0.1, 0.15) is 38.2 Å². The van der Waals surface area contributed by atoms with Gasteiger partial charge in [-0.1, -0.05) is 37.1 Å². The maximum absolute atomic E-state index is 10.2. The quantitative estimate of drug-likeness (QED) is 0.889. The van der Waals surface area contributed by atoms with E-state index in [4.69, 9.17) is 11.6 Å². The maximum Gasteiger partial charge on any atom is 0.0580 e. The van der Waals surface area contributed by atoms with Crippen LogP contribution in [-0.2, 0) is 6.54 Å². The summed E-state index contributed by atoms with van der Waals surface area (Å²) in [6.07, 6.45) is 4.43. The summed E-state index contributed by atoms with van der Waals surface area (Å²) >= 11 is 6.02. The zero-order valence-corrected chi connectivity index (χ0v) is 13.3. The Labute approximate surface area is 127 Å². The van der Waals surface area contributed by atoms with Crippen LogP contribution in [0.25, 0.3) is 0 Å². The highest BCUT2D eigenvalue weighted by Gasteiger charge is 2.28. The third-order valence-electron chi connectivity index (χ3n) is 4.52. The second-order valence-corrected chi connectivity index (χ2v) is 6.68. The number of aliphatic hydroxyl groups excluding tert-OH is 1. The first kappa shape index (κ1) is 15.8. The zero-order chi connectivity index (χ0) is 14.5. The Kier molecular flexibility index (Phi) is 5.88. The minimum Gasteiger partial charge on any atom is -0.393 e. The van der Waals surface area contributed by atoms with Crippen molar-refractivity contribution in [1.29, 1.82) is 0 Å². The van der Waals surface area contributed by atoms with Crippen LogP contribution in [-0.4, -0.2) is 29.7 Å². The minimum atomic E-state index is -0.125. The lowest BCUT2D eigenvalue weighted by atomic mass is 9.78. The Morgan fingerprint density at radius 1 is 1.35 bits per heavy atom. The number of nitrogens with zero attached hydrogens (tertiary/aromatic N) is 1. The van der Waals surface area contributed by atoms with Crippen LogP contribution in [0.2, 0.25) is 5.02 Å². The van der Waals surface area contributed by atoms with Crippen LogP contribution in [0.3, 0.4) is 0 Å². The minimum absolute atomic E-state index is 0.125. The van der Waals surface area contributed by atoms with Gasteiger partial charge in [-0.2, -0.15) is 0 Å². The van der Waals surface area contributed by atoms with Crippen LogP contribution < -0.4 is 0 Å². The van der Waals surface area contributed by atoms with Crippen molar-refractivity contribution in [2.24, 2.45) is 11.8 Å². The van der Waals surface area contributed by atoms with E-state index < -0.39 is 0 Å². The van der Waals surface area contributed by atoms with Crippen molar-refractivity contribution in [2.45, 2.75) is 45.3 Å². The molecule has 0 bridgehead atoms. The molecule has 1 aliphatic rings. The molecule has 20 heavy (non-hydrogen) atoms. The molecule has 2 rings (SSSR count). The molecule has 1 aromatic rings. The molecule has 0 spiro atoms. The van der Waals surface area contributed by atoms with Crippen LogP contribution in [0.15, 0.2) is 24.3 Å². The molecule has 1 saturated carbocycles. The molecular weight excluding hydrogens is 270 g/mol.